The van der Waals surface area contributed by atoms with Crippen LogP contribution in [0.5, 0.6) is 0 Å². The first-order valence-corrected chi connectivity index (χ1v) is 6.40. The van der Waals surface area contributed by atoms with Gasteiger partial charge in [0, 0.05) is 5.92 Å². The van der Waals surface area contributed by atoms with E-state index in [-0.39, 0.29) is 0 Å². The van der Waals surface area contributed by atoms with Crippen LogP contribution in [0.25, 0.3) is 0 Å². The molecule has 1 saturated heterocycles. The van der Waals surface area contributed by atoms with E-state index in [4.69, 9.17) is 9.26 Å². The molecule has 5 nitrogen and oxygen atoms in total. The van der Waals surface area contributed by atoms with Crippen molar-refractivity contribution in [3.63, 3.8) is 0 Å². The minimum atomic E-state index is 0.317. The first-order chi connectivity index (χ1) is 8.25. The fourth-order valence-corrected chi connectivity index (χ4v) is 1.88. The largest absolute Gasteiger partial charge is 0.378 e. The highest BCUT2D eigenvalue weighted by molar-refractivity contribution is 4.91. The van der Waals surface area contributed by atoms with Gasteiger partial charge in [0.2, 0.25) is 5.89 Å². The summed E-state index contributed by atoms with van der Waals surface area (Å²) in [5.41, 5.74) is 0. The summed E-state index contributed by atoms with van der Waals surface area (Å²) in [6.45, 7) is 6.90. The standard InChI is InChI=1S/C12H21N3O2/c1-9(2)12-14-11(17-15-12)5-8-16-10-3-6-13-7-4-10/h9-10,13H,3-8H2,1-2H3. The van der Waals surface area contributed by atoms with Crippen molar-refractivity contribution in [3.8, 4) is 0 Å². The highest BCUT2D eigenvalue weighted by atomic mass is 16.5. The van der Waals surface area contributed by atoms with E-state index in [9.17, 15) is 0 Å². The highest BCUT2D eigenvalue weighted by Gasteiger charge is 2.14. The van der Waals surface area contributed by atoms with E-state index in [2.05, 4.69) is 29.3 Å². The predicted octanol–water partition coefficient (Wildman–Crippen LogP) is 1.50. The van der Waals surface area contributed by atoms with Gasteiger partial charge < -0.3 is 14.6 Å². The van der Waals surface area contributed by atoms with Gasteiger partial charge in [-0.3, -0.25) is 0 Å². The van der Waals surface area contributed by atoms with Crippen LogP contribution in [0.15, 0.2) is 4.52 Å². The lowest BCUT2D eigenvalue weighted by Crippen LogP contribution is -2.32. The number of rotatable bonds is 5. The first kappa shape index (κ1) is 12.5. The summed E-state index contributed by atoms with van der Waals surface area (Å²) in [7, 11) is 0. The summed E-state index contributed by atoms with van der Waals surface area (Å²) in [5.74, 6) is 1.78. The molecule has 0 aromatic carbocycles. The van der Waals surface area contributed by atoms with E-state index < -0.39 is 0 Å². The minimum Gasteiger partial charge on any atom is -0.378 e. The maximum Gasteiger partial charge on any atom is 0.228 e. The van der Waals surface area contributed by atoms with Gasteiger partial charge in [-0.25, -0.2) is 0 Å². The molecular weight excluding hydrogens is 218 g/mol. The number of aromatic nitrogens is 2. The molecule has 1 fully saturated rings. The Morgan fingerprint density at radius 2 is 2.18 bits per heavy atom. The molecule has 96 valence electrons. The quantitative estimate of drug-likeness (QED) is 0.844. The molecule has 2 heterocycles. The monoisotopic (exact) mass is 239 g/mol. The fraction of sp³-hybridized carbons (Fsp3) is 0.833. The van der Waals surface area contributed by atoms with Crippen molar-refractivity contribution in [2.24, 2.45) is 0 Å². The number of ether oxygens (including phenoxy) is 1. The van der Waals surface area contributed by atoms with Crippen LogP contribution in [0, 0.1) is 0 Å². The number of hydrogen-bond donors (Lipinski definition) is 1. The molecule has 17 heavy (non-hydrogen) atoms. The molecule has 1 N–H and O–H groups in total. The molecule has 0 amide bonds. The maximum absolute atomic E-state index is 5.79. The molecule has 1 aliphatic heterocycles. The summed E-state index contributed by atoms with van der Waals surface area (Å²) < 4.78 is 11.0. The molecular formula is C12H21N3O2. The van der Waals surface area contributed by atoms with Crippen molar-refractivity contribution in [2.45, 2.75) is 45.1 Å². The zero-order chi connectivity index (χ0) is 12.1. The Kier molecular flexibility index (Phi) is 4.50. The van der Waals surface area contributed by atoms with Gasteiger partial charge in [-0.15, -0.1) is 0 Å². The molecule has 0 atom stereocenters. The Hall–Kier alpha value is -0.940. The molecule has 1 aromatic rings. The number of piperidine rings is 1. The summed E-state index contributed by atoms with van der Waals surface area (Å²) >= 11 is 0. The fourth-order valence-electron chi connectivity index (χ4n) is 1.88. The lowest BCUT2D eigenvalue weighted by molar-refractivity contribution is 0.0322. The van der Waals surface area contributed by atoms with Gasteiger partial charge in [0.15, 0.2) is 5.82 Å². The maximum atomic E-state index is 5.79. The first-order valence-electron chi connectivity index (χ1n) is 6.40. The molecule has 0 radical (unpaired) electrons. The summed E-state index contributed by atoms with van der Waals surface area (Å²) in [5, 5.41) is 7.25. The van der Waals surface area contributed by atoms with Crippen LogP contribution in [0.4, 0.5) is 0 Å². The topological polar surface area (TPSA) is 60.2 Å². The van der Waals surface area contributed by atoms with Crippen LogP contribution < -0.4 is 5.32 Å². The summed E-state index contributed by atoms with van der Waals surface area (Å²) in [6, 6.07) is 0. The second-order valence-corrected chi connectivity index (χ2v) is 4.77. The SMILES string of the molecule is CC(C)c1noc(CCOC2CCNCC2)n1. The van der Waals surface area contributed by atoms with Crippen LogP contribution in [0.2, 0.25) is 0 Å². The minimum absolute atomic E-state index is 0.317. The van der Waals surface area contributed by atoms with Gasteiger partial charge >= 0.3 is 0 Å². The van der Waals surface area contributed by atoms with Crippen LogP contribution in [-0.2, 0) is 11.2 Å². The third-order valence-corrected chi connectivity index (χ3v) is 2.96. The Bertz CT molecular complexity index is 332. The van der Waals surface area contributed by atoms with Gasteiger partial charge in [-0.1, -0.05) is 19.0 Å². The molecule has 0 aliphatic carbocycles. The molecule has 0 spiro atoms. The molecule has 1 aromatic heterocycles. The molecule has 0 unspecified atom stereocenters. The number of hydrogen-bond acceptors (Lipinski definition) is 5. The van der Waals surface area contributed by atoms with Crippen molar-refractivity contribution < 1.29 is 9.26 Å². The van der Waals surface area contributed by atoms with Gasteiger partial charge in [0.05, 0.1) is 19.1 Å². The van der Waals surface area contributed by atoms with Crippen molar-refractivity contribution in [2.75, 3.05) is 19.7 Å². The van der Waals surface area contributed by atoms with Crippen LogP contribution >= 0.6 is 0 Å². The van der Waals surface area contributed by atoms with Gasteiger partial charge in [0.25, 0.3) is 0 Å². The smallest absolute Gasteiger partial charge is 0.228 e. The molecule has 5 heteroatoms. The van der Waals surface area contributed by atoms with Crippen LogP contribution in [0.1, 0.15) is 44.3 Å². The van der Waals surface area contributed by atoms with E-state index in [0.717, 1.165) is 31.8 Å². The Labute approximate surface area is 102 Å². The molecule has 0 saturated carbocycles. The Morgan fingerprint density at radius 3 is 2.82 bits per heavy atom. The summed E-state index contributed by atoms with van der Waals surface area (Å²) in [6.07, 6.45) is 3.30. The zero-order valence-corrected chi connectivity index (χ0v) is 10.6. The van der Waals surface area contributed by atoms with Crippen molar-refractivity contribution in [1.29, 1.82) is 0 Å². The van der Waals surface area contributed by atoms with Crippen LogP contribution in [-0.4, -0.2) is 35.9 Å². The number of nitrogens with zero attached hydrogens (tertiary/aromatic N) is 2. The van der Waals surface area contributed by atoms with E-state index >= 15 is 0 Å². The molecule has 0 bridgehead atoms. The third kappa shape index (κ3) is 3.78. The highest BCUT2D eigenvalue weighted by Crippen LogP contribution is 2.11. The van der Waals surface area contributed by atoms with Crippen molar-refractivity contribution >= 4 is 0 Å². The van der Waals surface area contributed by atoms with Gasteiger partial charge in [-0.2, -0.15) is 4.98 Å². The van der Waals surface area contributed by atoms with Gasteiger partial charge in [0.1, 0.15) is 0 Å². The number of nitrogens with one attached hydrogen (secondary N) is 1. The van der Waals surface area contributed by atoms with Crippen molar-refractivity contribution in [3.05, 3.63) is 11.7 Å². The zero-order valence-electron chi connectivity index (χ0n) is 10.6. The second kappa shape index (κ2) is 6.12. The second-order valence-electron chi connectivity index (χ2n) is 4.77. The normalized spacial score (nSPS) is 17.8. The average molecular weight is 239 g/mol. The summed E-state index contributed by atoms with van der Waals surface area (Å²) in [4.78, 5) is 4.32. The van der Waals surface area contributed by atoms with E-state index in [0.29, 0.717) is 30.9 Å². The third-order valence-electron chi connectivity index (χ3n) is 2.96. The molecule has 2 rings (SSSR count). The van der Waals surface area contributed by atoms with E-state index in [1.165, 1.54) is 0 Å². The lowest BCUT2D eigenvalue weighted by Gasteiger charge is -2.22. The van der Waals surface area contributed by atoms with Crippen LogP contribution in [0.3, 0.4) is 0 Å². The Balaban J connectivity index is 1.70. The van der Waals surface area contributed by atoms with E-state index in [1.54, 1.807) is 0 Å². The lowest BCUT2D eigenvalue weighted by atomic mass is 10.1. The van der Waals surface area contributed by atoms with Gasteiger partial charge in [-0.05, 0) is 25.9 Å². The predicted molar refractivity (Wildman–Crippen MR) is 63.9 cm³/mol. The average Bonchev–Trinajstić information content (AvgIpc) is 2.79. The molecule has 1 aliphatic rings. The van der Waals surface area contributed by atoms with Crippen molar-refractivity contribution in [1.82, 2.24) is 15.5 Å². The Morgan fingerprint density at radius 1 is 1.41 bits per heavy atom. The van der Waals surface area contributed by atoms with E-state index in [1.807, 2.05) is 0 Å².